The number of hydrogen-bond donors (Lipinski definition) is 2. The Morgan fingerprint density at radius 2 is 1.67 bits per heavy atom. The van der Waals surface area contributed by atoms with Crippen LogP contribution in [0, 0.1) is 0 Å². The molecule has 0 spiro atoms. The van der Waals surface area contributed by atoms with Crippen molar-refractivity contribution in [3.05, 3.63) is 85.8 Å². The smallest absolute Gasteiger partial charge is 0.338 e. The number of nitrogen functional groups attached to an aromatic ring is 1. The number of benzene rings is 3. The van der Waals surface area contributed by atoms with Crippen LogP contribution in [-0.2, 0) is 27.2 Å². The van der Waals surface area contributed by atoms with Gasteiger partial charge in [0.15, 0.2) is 0 Å². The Bertz CT molecular complexity index is 1390. The first-order chi connectivity index (χ1) is 20.8. The number of halogens is 3. The van der Waals surface area contributed by atoms with Gasteiger partial charge in [0.2, 0.25) is 0 Å². The van der Waals surface area contributed by atoms with E-state index in [9.17, 15) is 9.59 Å². The highest BCUT2D eigenvalue weighted by Gasteiger charge is 2.22. The van der Waals surface area contributed by atoms with Crippen LogP contribution >= 0.6 is 39.1 Å². The van der Waals surface area contributed by atoms with E-state index in [4.69, 9.17) is 38.4 Å². The number of nitrogens with one attached hydrogen (secondary N) is 1. The molecule has 0 atom stereocenters. The van der Waals surface area contributed by atoms with Crippen molar-refractivity contribution in [2.24, 2.45) is 0 Å². The number of carbonyl (C=O) groups excluding carboxylic acids is 2. The van der Waals surface area contributed by atoms with Crippen molar-refractivity contribution >= 4 is 68.1 Å². The fourth-order valence-electron chi connectivity index (χ4n) is 5.34. The van der Waals surface area contributed by atoms with Crippen LogP contribution in [0.4, 0.5) is 17.1 Å². The second kappa shape index (κ2) is 16.3. The van der Waals surface area contributed by atoms with Gasteiger partial charge in [-0.1, -0.05) is 73.7 Å². The molecule has 0 amide bonds. The molecule has 1 fully saturated rings. The number of para-hydroxylation sites is 2. The van der Waals surface area contributed by atoms with Crippen LogP contribution in [0.3, 0.4) is 0 Å². The zero-order valence-corrected chi connectivity index (χ0v) is 27.4. The van der Waals surface area contributed by atoms with Crippen LogP contribution in [-0.4, -0.2) is 42.6 Å². The molecule has 7 nitrogen and oxygen atoms in total. The summed E-state index contributed by atoms with van der Waals surface area (Å²) in [6.07, 6.45) is 6.64. The monoisotopic (exact) mass is 689 g/mol. The van der Waals surface area contributed by atoms with E-state index in [0.717, 1.165) is 17.7 Å². The maximum absolute atomic E-state index is 12.9. The lowest BCUT2D eigenvalue weighted by atomic mass is 9.93. The zero-order chi connectivity index (χ0) is 30.8. The minimum absolute atomic E-state index is 0.0584. The second-order valence-corrected chi connectivity index (χ2v) is 12.3. The van der Waals surface area contributed by atoms with Crippen molar-refractivity contribution in [3.8, 4) is 0 Å². The molecule has 230 valence electrons. The van der Waals surface area contributed by atoms with Gasteiger partial charge in [-0.25, -0.2) is 4.79 Å². The van der Waals surface area contributed by atoms with Crippen LogP contribution < -0.4 is 11.1 Å². The van der Waals surface area contributed by atoms with Crippen LogP contribution in [0.25, 0.3) is 0 Å². The SMILES string of the molecule is CCN(Cc1cc(C(=O)OCCCOC(=O)Cc2ccccc2Nc2c(Cl)cccc2Cl)cc(Br)c1N)C1CCCCC1. The first kappa shape index (κ1) is 33.1. The molecule has 1 aliphatic carbocycles. The summed E-state index contributed by atoms with van der Waals surface area (Å²) in [5.41, 5.74) is 10.4. The molecule has 0 unspecified atom stereocenters. The van der Waals surface area contributed by atoms with Crippen molar-refractivity contribution in [1.29, 1.82) is 0 Å². The topological polar surface area (TPSA) is 93.9 Å². The Kier molecular flexibility index (Phi) is 12.6. The van der Waals surface area contributed by atoms with E-state index in [2.05, 4.69) is 33.1 Å². The van der Waals surface area contributed by atoms with E-state index in [1.807, 2.05) is 30.3 Å². The summed E-state index contributed by atoms with van der Waals surface area (Å²) in [4.78, 5) is 27.9. The Morgan fingerprint density at radius 3 is 2.40 bits per heavy atom. The third-order valence-electron chi connectivity index (χ3n) is 7.68. The molecule has 10 heteroatoms. The van der Waals surface area contributed by atoms with E-state index >= 15 is 0 Å². The lowest BCUT2D eigenvalue weighted by Crippen LogP contribution is -2.36. The highest BCUT2D eigenvalue weighted by molar-refractivity contribution is 9.10. The third kappa shape index (κ3) is 9.35. The fourth-order valence-corrected chi connectivity index (χ4v) is 6.33. The number of nitrogens with zero attached hydrogens (tertiary/aromatic N) is 1. The number of nitrogens with two attached hydrogens (primary N) is 1. The number of carbonyl (C=O) groups is 2. The predicted molar refractivity (Wildman–Crippen MR) is 177 cm³/mol. The number of rotatable bonds is 13. The number of anilines is 3. The van der Waals surface area contributed by atoms with E-state index in [0.29, 0.717) is 56.2 Å². The van der Waals surface area contributed by atoms with Crippen molar-refractivity contribution in [1.82, 2.24) is 4.90 Å². The summed E-state index contributed by atoms with van der Waals surface area (Å²) in [7, 11) is 0. The Balaban J connectivity index is 1.25. The molecule has 3 aromatic carbocycles. The standard InChI is InChI=1S/C33H38BrCl2N3O4/c1-2-39(25-11-4-3-5-12-25)21-24-18-23(19-26(34)31(24)37)33(41)43-17-9-16-42-30(40)20-22-10-6-7-15-29(22)38-32-27(35)13-8-14-28(32)36/h6-8,10,13-15,18-19,25,38H,2-5,9,11-12,16-17,20-21,37H2,1H3. The van der Waals surface area contributed by atoms with Gasteiger partial charge in [-0.3, -0.25) is 9.69 Å². The van der Waals surface area contributed by atoms with Crippen LogP contribution in [0.1, 0.15) is 66.9 Å². The van der Waals surface area contributed by atoms with Gasteiger partial charge < -0.3 is 20.5 Å². The molecular weight excluding hydrogens is 653 g/mol. The first-order valence-corrected chi connectivity index (χ1v) is 16.2. The van der Waals surface area contributed by atoms with Crippen LogP contribution in [0.15, 0.2) is 59.1 Å². The maximum atomic E-state index is 12.9. The van der Waals surface area contributed by atoms with Crippen molar-refractivity contribution < 1.29 is 19.1 Å². The van der Waals surface area contributed by atoms with Crippen LogP contribution in [0.5, 0.6) is 0 Å². The van der Waals surface area contributed by atoms with Crippen molar-refractivity contribution in [3.63, 3.8) is 0 Å². The number of ether oxygens (including phenoxy) is 2. The molecule has 3 aromatic rings. The van der Waals surface area contributed by atoms with Gasteiger partial charge in [-0.2, -0.15) is 0 Å². The summed E-state index contributed by atoms with van der Waals surface area (Å²) < 4.78 is 11.6. The number of esters is 2. The quantitative estimate of drug-likeness (QED) is 0.105. The molecule has 3 N–H and O–H groups in total. The van der Waals surface area contributed by atoms with Gasteiger partial charge in [0.25, 0.3) is 0 Å². The van der Waals surface area contributed by atoms with Gasteiger partial charge in [0, 0.05) is 29.2 Å². The molecule has 1 saturated carbocycles. The summed E-state index contributed by atoms with van der Waals surface area (Å²) in [5, 5.41) is 4.17. The average molecular weight is 691 g/mol. The molecule has 0 aromatic heterocycles. The minimum atomic E-state index is -0.438. The van der Waals surface area contributed by atoms with Gasteiger partial charge in [-0.15, -0.1) is 0 Å². The fraction of sp³-hybridized carbons (Fsp3) is 0.394. The maximum Gasteiger partial charge on any atom is 0.338 e. The Morgan fingerprint density at radius 1 is 0.977 bits per heavy atom. The van der Waals surface area contributed by atoms with Gasteiger partial charge >= 0.3 is 11.9 Å². The predicted octanol–water partition coefficient (Wildman–Crippen LogP) is 8.57. The number of hydrogen-bond acceptors (Lipinski definition) is 7. The van der Waals surface area contributed by atoms with Crippen LogP contribution in [0.2, 0.25) is 10.0 Å². The highest BCUT2D eigenvalue weighted by Crippen LogP contribution is 2.34. The van der Waals surface area contributed by atoms with E-state index in [-0.39, 0.29) is 19.6 Å². The summed E-state index contributed by atoms with van der Waals surface area (Å²) >= 11 is 16.1. The molecule has 0 saturated heterocycles. The molecule has 0 aliphatic heterocycles. The van der Waals surface area contributed by atoms with Gasteiger partial charge in [0.05, 0.1) is 46.6 Å². The van der Waals surface area contributed by atoms with Gasteiger partial charge in [0.1, 0.15) is 0 Å². The summed E-state index contributed by atoms with van der Waals surface area (Å²) in [6, 6.07) is 16.7. The molecule has 1 aliphatic rings. The van der Waals surface area contributed by atoms with Crippen molar-refractivity contribution in [2.75, 3.05) is 30.8 Å². The van der Waals surface area contributed by atoms with E-state index < -0.39 is 11.9 Å². The lowest BCUT2D eigenvalue weighted by molar-refractivity contribution is -0.143. The second-order valence-electron chi connectivity index (χ2n) is 10.7. The largest absolute Gasteiger partial charge is 0.465 e. The van der Waals surface area contributed by atoms with E-state index in [1.54, 1.807) is 24.3 Å². The molecule has 4 rings (SSSR count). The van der Waals surface area contributed by atoms with Crippen molar-refractivity contribution in [2.45, 2.75) is 64.5 Å². The lowest BCUT2D eigenvalue weighted by Gasteiger charge is -2.34. The zero-order valence-electron chi connectivity index (χ0n) is 24.3. The van der Waals surface area contributed by atoms with Gasteiger partial charge in [-0.05, 0) is 76.8 Å². The molecule has 0 radical (unpaired) electrons. The molecule has 0 heterocycles. The highest BCUT2D eigenvalue weighted by atomic mass is 79.9. The molecule has 43 heavy (non-hydrogen) atoms. The molecular formula is C33H38BrCl2N3O4. The summed E-state index contributed by atoms with van der Waals surface area (Å²) in [6.45, 7) is 4.02. The first-order valence-electron chi connectivity index (χ1n) is 14.7. The average Bonchev–Trinajstić information content (AvgIpc) is 3.00. The Hall–Kier alpha value is -2.78. The summed E-state index contributed by atoms with van der Waals surface area (Å²) in [5.74, 6) is -0.830. The third-order valence-corrected chi connectivity index (χ3v) is 8.97. The Labute approximate surface area is 272 Å². The normalized spacial score (nSPS) is 13.6. The van der Waals surface area contributed by atoms with E-state index in [1.165, 1.54) is 32.1 Å². The molecule has 0 bridgehead atoms. The minimum Gasteiger partial charge on any atom is -0.465 e.